The molecule has 0 aromatic heterocycles. The summed E-state index contributed by atoms with van der Waals surface area (Å²) in [5.41, 5.74) is 9.64. The van der Waals surface area contributed by atoms with E-state index in [-0.39, 0.29) is 0 Å². The van der Waals surface area contributed by atoms with Crippen LogP contribution in [0.5, 0.6) is 0 Å². The third-order valence-electron chi connectivity index (χ3n) is 2.61. The summed E-state index contributed by atoms with van der Waals surface area (Å²) in [5.74, 6) is 1.48. The Balaban J connectivity index is 2.80. The lowest BCUT2D eigenvalue weighted by Crippen LogP contribution is -2.02. The van der Waals surface area contributed by atoms with Crippen molar-refractivity contribution in [3.05, 3.63) is 22.9 Å². The molecule has 0 aliphatic heterocycles. The molecule has 0 bridgehead atoms. The van der Waals surface area contributed by atoms with E-state index in [2.05, 4.69) is 33.8 Å². The smallest absolute Gasteiger partial charge is 0.0299 e. The molecule has 0 heterocycles. The molecule has 0 unspecified atom stereocenters. The number of allylic oxidation sites excluding steroid dienone is 3. The molecule has 0 amide bonds. The van der Waals surface area contributed by atoms with Crippen LogP contribution in [0.2, 0.25) is 0 Å². The molecule has 0 aromatic carbocycles. The van der Waals surface area contributed by atoms with Crippen LogP contribution in [0.1, 0.15) is 40.5 Å². The molecule has 74 valence electrons. The second kappa shape index (κ2) is 3.99. The van der Waals surface area contributed by atoms with Crippen molar-refractivity contribution in [2.45, 2.75) is 40.5 Å². The molecule has 1 aliphatic carbocycles. The lowest BCUT2D eigenvalue weighted by Gasteiger charge is -2.10. The highest BCUT2D eigenvalue weighted by Gasteiger charge is 2.27. The van der Waals surface area contributed by atoms with Gasteiger partial charge in [-0.25, -0.2) is 0 Å². The second-order valence-corrected chi connectivity index (χ2v) is 4.53. The average molecular weight is 179 g/mol. The normalized spacial score (nSPS) is 17.8. The summed E-state index contributed by atoms with van der Waals surface area (Å²) in [7, 11) is 0. The summed E-state index contributed by atoms with van der Waals surface area (Å²) in [6.45, 7) is 8.64. The quantitative estimate of drug-likeness (QED) is 0.661. The average Bonchev–Trinajstić information content (AvgIpc) is 2.81. The Bertz CT molecular complexity index is 234. The van der Waals surface area contributed by atoms with Crippen molar-refractivity contribution in [3.8, 4) is 0 Å². The lowest BCUT2D eigenvalue weighted by molar-refractivity contribution is 0.703. The van der Waals surface area contributed by atoms with Crippen LogP contribution in [0.3, 0.4) is 0 Å². The van der Waals surface area contributed by atoms with Crippen molar-refractivity contribution in [1.82, 2.24) is 0 Å². The van der Waals surface area contributed by atoms with E-state index in [0.29, 0.717) is 5.92 Å². The van der Waals surface area contributed by atoms with Crippen molar-refractivity contribution in [1.29, 1.82) is 0 Å². The molecule has 13 heavy (non-hydrogen) atoms. The lowest BCUT2D eigenvalue weighted by atomic mass is 9.97. The van der Waals surface area contributed by atoms with E-state index in [1.807, 2.05) is 0 Å². The first-order chi connectivity index (χ1) is 6.02. The zero-order chi connectivity index (χ0) is 10.0. The van der Waals surface area contributed by atoms with Gasteiger partial charge in [0.1, 0.15) is 0 Å². The largest absolute Gasteiger partial charge is 0.399 e. The monoisotopic (exact) mass is 179 g/mol. The van der Waals surface area contributed by atoms with Gasteiger partial charge in [0, 0.05) is 5.70 Å². The highest BCUT2D eigenvalue weighted by molar-refractivity contribution is 5.28. The second-order valence-electron chi connectivity index (χ2n) is 4.53. The van der Waals surface area contributed by atoms with E-state index in [4.69, 9.17) is 5.73 Å². The highest BCUT2D eigenvalue weighted by atomic mass is 14.6. The van der Waals surface area contributed by atoms with E-state index in [0.717, 1.165) is 11.6 Å². The van der Waals surface area contributed by atoms with Crippen LogP contribution in [-0.4, -0.2) is 0 Å². The summed E-state index contributed by atoms with van der Waals surface area (Å²) in [5, 5.41) is 0. The van der Waals surface area contributed by atoms with Crippen LogP contribution in [0, 0.1) is 11.8 Å². The minimum absolute atomic E-state index is 0.644. The number of rotatable bonds is 3. The van der Waals surface area contributed by atoms with Gasteiger partial charge in [0.05, 0.1) is 0 Å². The van der Waals surface area contributed by atoms with Crippen LogP contribution in [0.4, 0.5) is 0 Å². The molecule has 1 fully saturated rings. The fourth-order valence-electron chi connectivity index (χ4n) is 1.50. The van der Waals surface area contributed by atoms with Gasteiger partial charge in [0.25, 0.3) is 0 Å². The summed E-state index contributed by atoms with van der Waals surface area (Å²) >= 11 is 0. The van der Waals surface area contributed by atoms with Gasteiger partial charge in [-0.15, -0.1) is 0 Å². The predicted octanol–water partition coefficient (Wildman–Crippen LogP) is 3.23. The Morgan fingerprint density at radius 2 is 1.85 bits per heavy atom. The minimum atomic E-state index is 0.644. The van der Waals surface area contributed by atoms with E-state index < -0.39 is 0 Å². The molecule has 2 N–H and O–H groups in total. The van der Waals surface area contributed by atoms with Crippen LogP contribution in [0.15, 0.2) is 22.9 Å². The van der Waals surface area contributed by atoms with Gasteiger partial charge in [0.2, 0.25) is 0 Å². The molecule has 0 spiro atoms. The summed E-state index contributed by atoms with van der Waals surface area (Å²) in [4.78, 5) is 0. The molecule has 1 rings (SSSR count). The first-order valence-electron chi connectivity index (χ1n) is 5.16. The first-order valence-corrected chi connectivity index (χ1v) is 5.16. The van der Waals surface area contributed by atoms with Gasteiger partial charge in [-0.1, -0.05) is 25.0 Å². The number of hydrogen-bond donors (Lipinski definition) is 1. The van der Waals surface area contributed by atoms with Crippen LogP contribution in [0.25, 0.3) is 0 Å². The van der Waals surface area contributed by atoms with Crippen molar-refractivity contribution < 1.29 is 0 Å². The van der Waals surface area contributed by atoms with E-state index in [1.165, 1.54) is 18.4 Å². The van der Waals surface area contributed by atoms with Gasteiger partial charge in [-0.05, 0) is 44.6 Å². The van der Waals surface area contributed by atoms with Gasteiger partial charge < -0.3 is 5.73 Å². The number of nitrogens with two attached hydrogens (primary N) is 1. The summed E-state index contributed by atoms with van der Waals surface area (Å²) in [6.07, 6.45) is 4.91. The van der Waals surface area contributed by atoms with Crippen LogP contribution in [-0.2, 0) is 0 Å². The molecular formula is C12H21N. The molecule has 1 saturated carbocycles. The van der Waals surface area contributed by atoms with Crippen molar-refractivity contribution >= 4 is 0 Å². The fourth-order valence-corrected chi connectivity index (χ4v) is 1.50. The zero-order valence-corrected chi connectivity index (χ0v) is 9.22. The third-order valence-corrected chi connectivity index (χ3v) is 2.61. The van der Waals surface area contributed by atoms with Gasteiger partial charge >= 0.3 is 0 Å². The zero-order valence-electron chi connectivity index (χ0n) is 9.22. The minimum Gasteiger partial charge on any atom is -0.399 e. The predicted molar refractivity (Wildman–Crippen MR) is 58.2 cm³/mol. The summed E-state index contributed by atoms with van der Waals surface area (Å²) in [6, 6.07) is 0. The van der Waals surface area contributed by atoms with E-state index >= 15 is 0 Å². The number of hydrogen-bond acceptors (Lipinski definition) is 1. The molecule has 0 radical (unpaired) electrons. The van der Waals surface area contributed by atoms with Crippen molar-refractivity contribution in [2.75, 3.05) is 0 Å². The molecule has 0 atom stereocenters. The SMILES string of the molecule is CC(C)=C(N)/C=C(\C(C)C)C1CC1. The van der Waals surface area contributed by atoms with Gasteiger partial charge in [-0.2, -0.15) is 0 Å². The van der Waals surface area contributed by atoms with Crippen molar-refractivity contribution in [2.24, 2.45) is 17.6 Å². The van der Waals surface area contributed by atoms with E-state index in [9.17, 15) is 0 Å². The molecule has 1 aliphatic rings. The van der Waals surface area contributed by atoms with Crippen LogP contribution < -0.4 is 5.73 Å². The Morgan fingerprint density at radius 1 is 1.31 bits per heavy atom. The molecule has 1 nitrogen and oxygen atoms in total. The first kappa shape index (κ1) is 10.4. The van der Waals surface area contributed by atoms with Crippen LogP contribution >= 0.6 is 0 Å². The van der Waals surface area contributed by atoms with Gasteiger partial charge in [0.15, 0.2) is 0 Å². The Kier molecular flexibility index (Phi) is 3.18. The van der Waals surface area contributed by atoms with Gasteiger partial charge in [-0.3, -0.25) is 0 Å². The topological polar surface area (TPSA) is 26.0 Å². The molecule has 1 heteroatoms. The fraction of sp³-hybridized carbons (Fsp3) is 0.667. The Morgan fingerprint density at radius 3 is 2.15 bits per heavy atom. The van der Waals surface area contributed by atoms with Crippen molar-refractivity contribution in [3.63, 3.8) is 0 Å². The molecule has 0 saturated heterocycles. The molecular weight excluding hydrogens is 158 g/mol. The maximum absolute atomic E-state index is 5.92. The maximum atomic E-state index is 5.92. The maximum Gasteiger partial charge on any atom is 0.0299 e. The van der Waals surface area contributed by atoms with E-state index in [1.54, 1.807) is 5.57 Å². The Labute approximate surface area is 81.7 Å². The summed E-state index contributed by atoms with van der Waals surface area (Å²) < 4.78 is 0. The molecule has 0 aromatic rings. The Hall–Kier alpha value is -0.720. The standard InChI is InChI=1S/C12H21N/c1-8(2)11(10-5-6-10)7-12(13)9(3)4/h7-8,10H,5-6,13H2,1-4H3/b11-7+. The highest BCUT2D eigenvalue weighted by Crippen LogP contribution is 2.40. The third kappa shape index (κ3) is 2.91.